The smallest absolute Gasteiger partial charge is 0.243 e. The number of anilines is 1. The molecule has 1 aliphatic rings. The van der Waals surface area contributed by atoms with E-state index in [1.165, 1.54) is 39.9 Å². The molecule has 0 bridgehead atoms. The second-order valence-corrected chi connectivity index (χ2v) is 10.7. The summed E-state index contributed by atoms with van der Waals surface area (Å²) in [7, 11) is -2.08. The van der Waals surface area contributed by atoms with E-state index in [0.29, 0.717) is 36.7 Å². The number of methoxy groups -OCH3 is 1. The van der Waals surface area contributed by atoms with Gasteiger partial charge in [-0.25, -0.2) is 13.4 Å². The number of piperidine rings is 1. The van der Waals surface area contributed by atoms with Crippen LogP contribution in [0.15, 0.2) is 53.4 Å². The Morgan fingerprint density at radius 2 is 1.91 bits per heavy atom. The number of sulfonamides is 1. The van der Waals surface area contributed by atoms with Crippen LogP contribution in [0.3, 0.4) is 0 Å². The molecule has 1 amide bonds. The number of ether oxygens (including phenoxy) is 1. The van der Waals surface area contributed by atoms with Gasteiger partial charge in [0.15, 0.2) is 5.13 Å². The first-order chi connectivity index (χ1) is 15.9. The number of aromatic nitrogens is 1. The second kappa shape index (κ2) is 9.97. The Morgan fingerprint density at radius 1 is 1.21 bits per heavy atom. The molecule has 0 N–H and O–H groups in total. The quantitative estimate of drug-likeness (QED) is 0.510. The zero-order valence-electron chi connectivity index (χ0n) is 18.2. The normalized spacial score (nSPS) is 15.4. The monoisotopic (exact) mass is 484 g/mol. The van der Waals surface area contributed by atoms with E-state index in [2.05, 4.69) is 4.98 Å². The third kappa shape index (κ3) is 4.91. The summed E-state index contributed by atoms with van der Waals surface area (Å²) in [5.74, 6) is -0.345. The summed E-state index contributed by atoms with van der Waals surface area (Å²) in [5, 5.41) is 9.56. The van der Waals surface area contributed by atoms with Crippen LogP contribution in [-0.2, 0) is 19.6 Å². The predicted molar refractivity (Wildman–Crippen MR) is 126 cm³/mol. The van der Waals surface area contributed by atoms with Gasteiger partial charge in [-0.3, -0.25) is 9.69 Å². The molecular weight excluding hydrogens is 460 g/mol. The van der Waals surface area contributed by atoms with E-state index in [9.17, 15) is 13.2 Å². The average molecular weight is 485 g/mol. The van der Waals surface area contributed by atoms with E-state index >= 15 is 0 Å². The lowest BCUT2D eigenvalue weighted by molar-refractivity contribution is -0.123. The molecule has 1 fully saturated rings. The number of hydrogen-bond donors (Lipinski definition) is 0. The van der Waals surface area contributed by atoms with Crippen molar-refractivity contribution in [2.45, 2.75) is 17.7 Å². The van der Waals surface area contributed by atoms with Gasteiger partial charge in [-0.05, 0) is 49.2 Å². The van der Waals surface area contributed by atoms with Gasteiger partial charge in [0.25, 0.3) is 0 Å². The van der Waals surface area contributed by atoms with Crippen molar-refractivity contribution in [2.24, 2.45) is 5.92 Å². The molecule has 0 unspecified atom stereocenters. The summed E-state index contributed by atoms with van der Waals surface area (Å²) in [4.78, 5) is 19.9. The lowest BCUT2D eigenvalue weighted by Crippen LogP contribution is -2.45. The van der Waals surface area contributed by atoms with E-state index in [-0.39, 0.29) is 29.8 Å². The molecule has 1 aliphatic heterocycles. The summed E-state index contributed by atoms with van der Waals surface area (Å²) >= 11 is 1.46. The highest BCUT2D eigenvalue weighted by Gasteiger charge is 2.35. The zero-order valence-corrected chi connectivity index (χ0v) is 19.8. The van der Waals surface area contributed by atoms with Crippen molar-refractivity contribution in [2.75, 3.05) is 38.3 Å². The number of carbonyl (C=O) groups excluding carboxylic acids is 1. The minimum atomic E-state index is -3.67. The molecule has 0 atom stereocenters. The highest BCUT2D eigenvalue weighted by molar-refractivity contribution is 7.89. The minimum Gasteiger partial charge on any atom is -0.383 e. The van der Waals surface area contributed by atoms with Crippen LogP contribution in [0.5, 0.6) is 0 Å². The van der Waals surface area contributed by atoms with Gasteiger partial charge < -0.3 is 4.74 Å². The SMILES string of the molecule is COCCN(C(=O)C1CCN(S(=O)(=O)c2ccc(C#N)cc2)CC1)c1nc2ccccc2s1. The molecule has 1 saturated heterocycles. The molecule has 3 aromatic rings. The van der Waals surface area contributed by atoms with Crippen LogP contribution in [0.4, 0.5) is 5.13 Å². The molecule has 0 radical (unpaired) electrons. The van der Waals surface area contributed by atoms with Gasteiger partial charge in [0.2, 0.25) is 15.9 Å². The molecule has 0 spiro atoms. The number of rotatable bonds is 7. The first-order valence-electron chi connectivity index (χ1n) is 10.6. The first kappa shape index (κ1) is 23.3. The molecule has 2 aromatic carbocycles. The molecule has 8 nitrogen and oxygen atoms in total. The van der Waals surface area contributed by atoms with Gasteiger partial charge in [0, 0.05) is 26.1 Å². The number of hydrogen-bond acceptors (Lipinski definition) is 7. The van der Waals surface area contributed by atoms with Crippen molar-refractivity contribution >= 4 is 42.6 Å². The Labute approximate surface area is 197 Å². The number of carbonyl (C=O) groups is 1. The van der Waals surface area contributed by atoms with E-state index in [1.807, 2.05) is 30.3 Å². The van der Waals surface area contributed by atoms with Crippen molar-refractivity contribution in [1.82, 2.24) is 9.29 Å². The van der Waals surface area contributed by atoms with Crippen LogP contribution in [0.25, 0.3) is 10.2 Å². The number of nitrogens with zero attached hydrogens (tertiary/aromatic N) is 4. The average Bonchev–Trinajstić information content (AvgIpc) is 3.28. The van der Waals surface area contributed by atoms with Crippen LogP contribution >= 0.6 is 11.3 Å². The van der Waals surface area contributed by atoms with Crippen molar-refractivity contribution < 1.29 is 17.9 Å². The van der Waals surface area contributed by atoms with Crippen LogP contribution in [-0.4, -0.2) is 57.0 Å². The number of para-hydroxylation sites is 1. The van der Waals surface area contributed by atoms with Crippen molar-refractivity contribution in [3.05, 3.63) is 54.1 Å². The van der Waals surface area contributed by atoms with E-state index in [4.69, 9.17) is 10.00 Å². The molecule has 0 aliphatic carbocycles. The molecule has 1 aromatic heterocycles. The van der Waals surface area contributed by atoms with Crippen molar-refractivity contribution in [1.29, 1.82) is 5.26 Å². The highest BCUT2D eigenvalue weighted by atomic mass is 32.2. The maximum Gasteiger partial charge on any atom is 0.243 e. The Morgan fingerprint density at radius 3 is 2.55 bits per heavy atom. The van der Waals surface area contributed by atoms with Gasteiger partial charge in [0.05, 0.1) is 39.9 Å². The van der Waals surface area contributed by atoms with E-state index in [1.54, 1.807) is 12.0 Å². The second-order valence-electron chi connectivity index (χ2n) is 7.76. The van der Waals surface area contributed by atoms with Gasteiger partial charge in [-0.15, -0.1) is 0 Å². The molecule has 33 heavy (non-hydrogen) atoms. The van der Waals surface area contributed by atoms with Crippen molar-refractivity contribution in [3.8, 4) is 6.07 Å². The van der Waals surface area contributed by atoms with Crippen LogP contribution in [0.1, 0.15) is 18.4 Å². The summed E-state index contributed by atoms with van der Waals surface area (Å²) < 4.78 is 33.6. The molecule has 2 heterocycles. The van der Waals surface area contributed by atoms with Gasteiger partial charge in [-0.2, -0.15) is 9.57 Å². The molecule has 172 valence electrons. The highest BCUT2D eigenvalue weighted by Crippen LogP contribution is 2.32. The molecule has 4 rings (SSSR count). The number of nitriles is 1. The summed E-state index contributed by atoms with van der Waals surface area (Å²) in [6.45, 7) is 1.29. The number of amides is 1. The lowest BCUT2D eigenvalue weighted by atomic mass is 9.96. The Bertz CT molecular complexity index is 1240. The fourth-order valence-corrected chi connectivity index (χ4v) is 6.34. The zero-order chi connectivity index (χ0) is 23.4. The Kier molecular flexibility index (Phi) is 7.05. The number of fused-ring (bicyclic) bond motifs is 1. The van der Waals surface area contributed by atoms with Crippen LogP contribution in [0, 0.1) is 17.2 Å². The third-order valence-electron chi connectivity index (χ3n) is 5.72. The lowest BCUT2D eigenvalue weighted by Gasteiger charge is -2.33. The molecule has 10 heteroatoms. The van der Waals surface area contributed by atoms with Gasteiger partial charge in [-0.1, -0.05) is 23.5 Å². The first-order valence-corrected chi connectivity index (χ1v) is 12.9. The van der Waals surface area contributed by atoms with Gasteiger partial charge >= 0.3 is 0 Å². The Hall–Kier alpha value is -2.84. The summed E-state index contributed by atoms with van der Waals surface area (Å²) in [6, 6.07) is 15.6. The number of thiazole rings is 1. The molecule has 0 saturated carbocycles. The largest absolute Gasteiger partial charge is 0.383 e. The maximum absolute atomic E-state index is 13.4. The Balaban J connectivity index is 1.47. The van der Waals surface area contributed by atoms with E-state index in [0.717, 1.165) is 10.2 Å². The minimum absolute atomic E-state index is 0.0541. The number of benzene rings is 2. The topological polar surface area (TPSA) is 104 Å². The van der Waals surface area contributed by atoms with Crippen LogP contribution in [0.2, 0.25) is 0 Å². The standard InChI is InChI=1S/C23H24N4O4S2/c1-31-15-14-27(23-25-20-4-2-3-5-21(20)32-23)22(28)18-10-12-26(13-11-18)33(29,30)19-8-6-17(16-24)7-9-19/h2-9,18H,10-15H2,1H3. The summed E-state index contributed by atoms with van der Waals surface area (Å²) in [6.07, 6.45) is 0.867. The third-order valence-corrected chi connectivity index (χ3v) is 8.70. The van der Waals surface area contributed by atoms with Crippen molar-refractivity contribution in [3.63, 3.8) is 0 Å². The van der Waals surface area contributed by atoms with Crippen LogP contribution < -0.4 is 4.90 Å². The molecular formula is C23H24N4O4S2. The maximum atomic E-state index is 13.4. The fourth-order valence-electron chi connectivity index (χ4n) is 3.87. The summed E-state index contributed by atoms with van der Waals surface area (Å²) in [5.41, 5.74) is 1.25. The van der Waals surface area contributed by atoms with E-state index < -0.39 is 10.0 Å². The fraction of sp³-hybridized carbons (Fsp3) is 0.348. The van der Waals surface area contributed by atoms with Gasteiger partial charge in [0.1, 0.15) is 0 Å². The predicted octanol–water partition coefficient (Wildman–Crippen LogP) is 3.25.